The van der Waals surface area contributed by atoms with Gasteiger partial charge < -0.3 is 15.2 Å². The molecule has 0 bridgehead atoms. The summed E-state index contributed by atoms with van der Waals surface area (Å²) in [7, 11) is 0. The summed E-state index contributed by atoms with van der Waals surface area (Å²) in [6.07, 6.45) is 2.13. The SMILES string of the molecule is Cc1ccc(OCCCC(=O)NC2CC(C(=O)O)C2)cc1C. The third-order valence-corrected chi connectivity index (χ3v) is 4.15. The molecule has 0 radical (unpaired) electrons. The van der Waals surface area contributed by atoms with Crippen LogP contribution in [0.25, 0.3) is 0 Å². The lowest BCUT2D eigenvalue weighted by molar-refractivity contribution is -0.146. The summed E-state index contributed by atoms with van der Waals surface area (Å²) in [6.45, 7) is 4.59. The second-order valence-electron chi connectivity index (χ2n) is 5.97. The van der Waals surface area contributed by atoms with Crippen LogP contribution in [0.2, 0.25) is 0 Å². The summed E-state index contributed by atoms with van der Waals surface area (Å²) in [5.74, 6) is -0.268. The first-order chi connectivity index (χ1) is 10.5. The number of hydrogen-bond acceptors (Lipinski definition) is 3. The number of benzene rings is 1. The molecule has 1 saturated carbocycles. The van der Waals surface area contributed by atoms with Crippen molar-refractivity contribution in [2.45, 2.75) is 45.6 Å². The van der Waals surface area contributed by atoms with Crippen LogP contribution in [0.3, 0.4) is 0 Å². The lowest BCUT2D eigenvalue weighted by Gasteiger charge is -2.32. The summed E-state index contributed by atoms with van der Waals surface area (Å²) in [5, 5.41) is 11.6. The predicted octanol–water partition coefficient (Wildman–Crippen LogP) is 2.44. The Morgan fingerprint density at radius 2 is 2.00 bits per heavy atom. The number of rotatable bonds is 7. The number of nitrogens with one attached hydrogen (secondary N) is 1. The zero-order chi connectivity index (χ0) is 16.1. The molecule has 0 aromatic heterocycles. The minimum Gasteiger partial charge on any atom is -0.494 e. The molecule has 120 valence electrons. The quantitative estimate of drug-likeness (QED) is 0.759. The largest absolute Gasteiger partial charge is 0.494 e. The number of aryl methyl sites for hydroxylation is 2. The van der Waals surface area contributed by atoms with Crippen LogP contribution >= 0.6 is 0 Å². The fourth-order valence-corrected chi connectivity index (χ4v) is 2.46. The van der Waals surface area contributed by atoms with E-state index in [1.807, 2.05) is 25.1 Å². The van der Waals surface area contributed by atoms with E-state index in [0.717, 1.165) is 5.75 Å². The summed E-state index contributed by atoms with van der Waals surface area (Å²) in [6, 6.07) is 5.97. The highest BCUT2D eigenvalue weighted by Crippen LogP contribution is 2.27. The third kappa shape index (κ3) is 4.48. The minimum atomic E-state index is -0.771. The van der Waals surface area contributed by atoms with Crippen molar-refractivity contribution >= 4 is 11.9 Å². The average Bonchev–Trinajstić information content (AvgIpc) is 2.42. The van der Waals surface area contributed by atoms with Crippen LogP contribution in [0, 0.1) is 19.8 Å². The maximum atomic E-state index is 11.7. The minimum absolute atomic E-state index is 0.0225. The second kappa shape index (κ2) is 7.29. The van der Waals surface area contributed by atoms with Crippen LogP contribution in [0.15, 0.2) is 18.2 Å². The Balaban J connectivity index is 1.59. The lowest BCUT2D eigenvalue weighted by Crippen LogP contribution is -2.46. The predicted molar refractivity (Wildman–Crippen MR) is 82.9 cm³/mol. The highest BCUT2D eigenvalue weighted by Gasteiger charge is 2.34. The standard InChI is InChI=1S/C17H23NO4/c1-11-5-6-15(8-12(11)2)22-7-3-4-16(19)18-14-9-13(10-14)17(20)21/h5-6,8,13-14H,3-4,7,9-10H2,1-2H3,(H,18,19)(H,20,21). The first-order valence-electron chi connectivity index (χ1n) is 7.68. The van der Waals surface area contributed by atoms with E-state index in [9.17, 15) is 9.59 Å². The topological polar surface area (TPSA) is 75.6 Å². The Morgan fingerprint density at radius 1 is 1.27 bits per heavy atom. The number of carboxylic acid groups (broad SMARTS) is 1. The molecule has 5 heteroatoms. The Bertz CT molecular complexity index is 550. The molecule has 1 amide bonds. The van der Waals surface area contributed by atoms with E-state index in [0.29, 0.717) is 32.3 Å². The number of carbonyl (C=O) groups excluding carboxylic acids is 1. The van der Waals surface area contributed by atoms with Gasteiger partial charge in [0.1, 0.15) is 5.75 Å². The Kier molecular flexibility index (Phi) is 5.41. The molecule has 1 aromatic carbocycles. The van der Waals surface area contributed by atoms with Gasteiger partial charge >= 0.3 is 5.97 Å². The van der Waals surface area contributed by atoms with Crippen molar-refractivity contribution in [2.75, 3.05) is 6.61 Å². The maximum Gasteiger partial charge on any atom is 0.306 e. The molecule has 5 nitrogen and oxygen atoms in total. The van der Waals surface area contributed by atoms with Crippen LogP contribution in [0.5, 0.6) is 5.75 Å². The highest BCUT2D eigenvalue weighted by molar-refractivity contribution is 5.77. The summed E-state index contributed by atoms with van der Waals surface area (Å²) in [4.78, 5) is 22.4. The van der Waals surface area contributed by atoms with Crippen molar-refractivity contribution < 1.29 is 19.4 Å². The first kappa shape index (κ1) is 16.3. The molecule has 2 rings (SSSR count). The van der Waals surface area contributed by atoms with Crippen LogP contribution in [-0.2, 0) is 9.59 Å². The van der Waals surface area contributed by atoms with Gasteiger partial charge in [-0.15, -0.1) is 0 Å². The number of carbonyl (C=O) groups is 2. The molecule has 22 heavy (non-hydrogen) atoms. The van der Waals surface area contributed by atoms with E-state index in [-0.39, 0.29) is 17.9 Å². The molecule has 1 aliphatic carbocycles. The number of carboxylic acids is 1. The molecule has 0 unspecified atom stereocenters. The monoisotopic (exact) mass is 305 g/mol. The first-order valence-corrected chi connectivity index (χ1v) is 7.68. The van der Waals surface area contributed by atoms with Crippen molar-refractivity contribution in [3.8, 4) is 5.75 Å². The summed E-state index contributed by atoms with van der Waals surface area (Å²) in [5.41, 5.74) is 2.42. The Morgan fingerprint density at radius 3 is 2.64 bits per heavy atom. The zero-order valence-electron chi connectivity index (χ0n) is 13.1. The molecular weight excluding hydrogens is 282 g/mol. The van der Waals surface area contributed by atoms with Gasteiger partial charge in [0, 0.05) is 12.5 Å². The van der Waals surface area contributed by atoms with E-state index >= 15 is 0 Å². The number of amides is 1. The fraction of sp³-hybridized carbons (Fsp3) is 0.529. The van der Waals surface area contributed by atoms with Crippen molar-refractivity contribution in [3.63, 3.8) is 0 Å². The van der Waals surface area contributed by atoms with E-state index in [1.165, 1.54) is 11.1 Å². The van der Waals surface area contributed by atoms with Gasteiger partial charge in [0.15, 0.2) is 0 Å². The average molecular weight is 305 g/mol. The smallest absolute Gasteiger partial charge is 0.306 e. The van der Waals surface area contributed by atoms with Crippen LogP contribution in [0.4, 0.5) is 0 Å². The molecule has 1 fully saturated rings. The van der Waals surface area contributed by atoms with E-state index < -0.39 is 5.97 Å². The molecule has 0 saturated heterocycles. The van der Waals surface area contributed by atoms with Gasteiger partial charge in [-0.05, 0) is 56.4 Å². The normalized spacial score (nSPS) is 20.1. The van der Waals surface area contributed by atoms with Gasteiger partial charge in [0.05, 0.1) is 12.5 Å². The lowest BCUT2D eigenvalue weighted by atomic mass is 9.80. The molecule has 2 N–H and O–H groups in total. The van der Waals surface area contributed by atoms with Crippen LogP contribution in [0.1, 0.15) is 36.8 Å². The number of aliphatic carboxylic acids is 1. The van der Waals surface area contributed by atoms with Gasteiger partial charge in [-0.3, -0.25) is 9.59 Å². The van der Waals surface area contributed by atoms with Gasteiger partial charge in [0.25, 0.3) is 0 Å². The van der Waals surface area contributed by atoms with Gasteiger partial charge in [0.2, 0.25) is 5.91 Å². The van der Waals surface area contributed by atoms with Crippen molar-refractivity contribution in [2.24, 2.45) is 5.92 Å². The number of hydrogen-bond donors (Lipinski definition) is 2. The van der Waals surface area contributed by atoms with Crippen molar-refractivity contribution in [3.05, 3.63) is 29.3 Å². The number of ether oxygens (including phenoxy) is 1. The molecule has 0 heterocycles. The molecular formula is C17H23NO4. The van der Waals surface area contributed by atoms with Gasteiger partial charge in [-0.2, -0.15) is 0 Å². The highest BCUT2D eigenvalue weighted by atomic mass is 16.5. The van der Waals surface area contributed by atoms with Crippen LogP contribution in [-0.4, -0.2) is 29.6 Å². The third-order valence-electron chi connectivity index (χ3n) is 4.15. The van der Waals surface area contributed by atoms with Crippen molar-refractivity contribution in [1.82, 2.24) is 5.32 Å². The Labute approximate surface area is 130 Å². The molecule has 0 aliphatic heterocycles. The van der Waals surface area contributed by atoms with Crippen LogP contribution < -0.4 is 10.1 Å². The molecule has 1 aliphatic rings. The van der Waals surface area contributed by atoms with E-state index in [1.54, 1.807) is 0 Å². The van der Waals surface area contributed by atoms with Gasteiger partial charge in [-0.1, -0.05) is 6.07 Å². The van der Waals surface area contributed by atoms with E-state index in [2.05, 4.69) is 12.2 Å². The molecule has 0 atom stereocenters. The van der Waals surface area contributed by atoms with Gasteiger partial charge in [-0.25, -0.2) is 0 Å². The molecule has 0 spiro atoms. The summed E-state index contributed by atoms with van der Waals surface area (Å²) >= 11 is 0. The fourth-order valence-electron chi connectivity index (χ4n) is 2.46. The van der Waals surface area contributed by atoms with E-state index in [4.69, 9.17) is 9.84 Å². The second-order valence-corrected chi connectivity index (χ2v) is 5.97. The summed E-state index contributed by atoms with van der Waals surface area (Å²) < 4.78 is 5.63. The molecule has 1 aromatic rings. The maximum absolute atomic E-state index is 11.7. The van der Waals surface area contributed by atoms with Crippen molar-refractivity contribution in [1.29, 1.82) is 0 Å². The zero-order valence-corrected chi connectivity index (χ0v) is 13.1. The Hall–Kier alpha value is -2.04.